The summed E-state index contributed by atoms with van der Waals surface area (Å²) in [6.45, 7) is 0.278. The summed E-state index contributed by atoms with van der Waals surface area (Å²) in [4.78, 5) is 44.4. The quantitative estimate of drug-likeness (QED) is 0.563. The summed E-state index contributed by atoms with van der Waals surface area (Å²) >= 11 is 5.94. The van der Waals surface area contributed by atoms with Crippen molar-refractivity contribution in [1.82, 2.24) is 10.3 Å². The molecule has 2 aromatic carbocycles. The number of pyridine rings is 1. The molecule has 1 atom stereocenters. The van der Waals surface area contributed by atoms with Gasteiger partial charge in [0.25, 0.3) is 5.91 Å². The third-order valence-electron chi connectivity index (χ3n) is 5.65. The van der Waals surface area contributed by atoms with Crippen molar-refractivity contribution in [2.45, 2.75) is 13.0 Å². The number of aromatic nitrogens is 1. The number of amides is 2. The van der Waals surface area contributed by atoms with E-state index in [1.165, 1.54) is 12.0 Å². The van der Waals surface area contributed by atoms with Gasteiger partial charge in [0, 0.05) is 42.0 Å². The van der Waals surface area contributed by atoms with Crippen molar-refractivity contribution in [3.8, 4) is 5.88 Å². The van der Waals surface area contributed by atoms with Crippen LogP contribution in [0, 0.1) is 5.92 Å². The van der Waals surface area contributed by atoms with Crippen molar-refractivity contribution in [3.63, 3.8) is 0 Å². The molecule has 1 unspecified atom stereocenters. The van der Waals surface area contributed by atoms with E-state index in [1.54, 1.807) is 67.8 Å². The molecule has 4 rings (SSSR count). The third kappa shape index (κ3) is 4.73. The van der Waals surface area contributed by atoms with E-state index < -0.39 is 5.92 Å². The van der Waals surface area contributed by atoms with Gasteiger partial charge in [-0.25, -0.2) is 4.98 Å². The van der Waals surface area contributed by atoms with Crippen LogP contribution in [0.4, 0.5) is 5.69 Å². The average Bonchev–Trinajstić information content (AvgIpc) is 2.84. The number of anilines is 1. The van der Waals surface area contributed by atoms with E-state index in [1.807, 2.05) is 0 Å². The predicted octanol–water partition coefficient (Wildman–Crippen LogP) is 3.69. The highest BCUT2D eigenvalue weighted by atomic mass is 35.5. The second-order valence-corrected chi connectivity index (χ2v) is 8.20. The van der Waals surface area contributed by atoms with Crippen LogP contribution in [0.3, 0.4) is 0 Å². The average molecular weight is 464 g/mol. The maximum Gasteiger partial charge on any atom is 0.251 e. The smallest absolute Gasteiger partial charge is 0.251 e. The van der Waals surface area contributed by atoms with Crippen molar-refractivity contribution >= 4 is 34.9 Å². The van der Waals surface area contributed by atoms with Crippen LogP contribution in [-0.4, -0.2) is 36.7 Å². The molecule has 0 fully saturated rings. The Kier molecular flexibility index (Phi) is 6.42. The molecule has 1 aliphatic heterocycles. The lowest BCUT2D eigenvalue weighted by Crippen LogP contribution is -2.43. The maximum atomic E-state index is 13.2. The van der Waals surface area contributed by atoms with E-state index in [0.717, 1.165) is 11.1 Å². The number of nitrogens with zero attached hydrogens (tertiary/aromatic N) is 2. The molecule has 0 bridgehead atoms. The third-order valence-corrected chi connectivity index (χ3v) is 5.90. The summed E-state index contributed by atoms with van der Waals surface area (Å²) in [6, 6.07) is 15.4. The molecule has 1 aliphatic rings. The zero-order valence-electron chi connectivity index (χ0n) is 18.2. The normalized spacial score (nSPS) is 15.2. The number of rotatable bonds is 6. The molecule has 8 heteroatoms. The van der Waals surface area contributed by atoms with Crippen molar-refractivity contribution in [3.05, 3.63) is 88.1 Å². The van der Waals surface area contributed by atoms with Crippen molar-refractivity contribution in [2.24, 2.45) is 5.92 Å². The number of nitrogens with one attached hydrogen (secondary N) is 1. The highest BCUT2D eigenvalue weighted by Crippen LogP contribution is 2.32. The van der Waals surface area contributed by atoms with E-state index in [4.69, 9.17) is 16.3 Å². The molecule has 0 saturated heterocycles. The van der Waals surface area contributed by atoms with Crippen LogP contribution in [0.15, 0.2) is 60.8 Å². The highest BCUT2D eigenvalue weighted by molar-refractivity contribution is 6.30. The lowest BCUT2D eigenvalue weighted by molar-refractivity contribution is -0.120. The summed E-state index contributed by atoms with van der Waals surface area (Å²) in [7, 11) is 3.16. The van der Waals surface area contributed by atoms with Crippen LogP contribution in [-0.2, 0) is 17.8 Å². The second kappa shape index (κ2) is 9.42. The number of Topliss-reactive ketones (excluding diaryl/α,β-unsaturated/α-hetero) is 1. The van der Waals surface area contributed by atoms with Gasteiger partial charge in [-0.3, -0.25) is 14.4 Å². The van der Waals surface area contributed by atoms with Gasteiger partial charge in [0.2, 0.25) is 11.8 Å². The Morgan fingerprint density at radius 1 is 1.09 bits per heavy atom. The van der Waals surface area contributed by atoms with Crippen LogP contribution in [0.25, 0.3) is 0 Å². The highest BCUT2D eigenvalue weighted by Gasteiger charge is 2.38. The Labute approximate surface area is 196 Å². The van der Waals surface area contributed by atoms with Crippen molar-refractivity contribution in [1.29, 1.82) is 0 Å². The van der Waals surface area contributed by atoms with Gasteiger partial charge in [-0.1, -0.05) is 23.7 Å². The first kappa shape index (κ1) is 22.5. The number of halogens is 1. The second-order valence-electron chi connectivity index (χ2n) is 7.77. The monoisotopic (exact) mass is 463 g/mol. The van der Waals surface area contributed by atoms with Gasteiger partial charge in [0.1, 0.15) is 5.92 Å². The fourth-order valence-electron chi connectivity index (χ4n) is 3.81. The number of ketones is 1. The first-order chi connectivity index (χ1) is 15.9. The largest absolute Gasteiger partial charge is 0.481 e. The molecule has 3 aromatic rings. The minimum absolute atomic E-state index is 0.263. The van der Waals surface area contributed by atoms with Crippen LogP contribution in [0.2, 0.25) is 5.02 Å². The number of hydrogen-bond acceptors (Lipinski definition) is 5. The first-order valence-corrected chi connectivity index (χ1v) is 10.7. The van der Waals surface area contributed by atoms with Gasteiger partial charge < -0.3 is 15.0 Å². The Bertz CT molecular complexity index is 1230. The maximum absolute atomic E-state index is 13.2. The fourth-order valence-corrected chi connectivity index (χ4v) is 3.94. The summed E-state index contributed by atoms with van der Waals surface area (Å²) in [5.41, 5.74) is 2.86. The lowest BCUT2D eigenvalue weighted by atomic mass is 9.85. The molecule has 1 aromatic heterocycles. The first-order valence-electron chi connectivity index (χ1n) is 10.3. The minimum atomic E-state index is -0.855. The van der Waals surface area contributed by atoms with Gasteiger partial charge in [-0.2, -0.15) is 0 Å². The number of benzene rings is 2. The number of carbonyl (C=O) groups excluding carboxylic acids is 3. The summed E-state index contributed by atoms with van der Waals surface area (Å²) in [5, 5.41) is 3.42. The molecule has 168 valence electrons. The standard InChI is InChI=1S/C25H22ClN3O4/c1-29-21-8-5-17(24(31)28-14-16-9-10-27-22(12-16)33-2)13-19(21)23(30)20(25(29)32)11-15-3-6-18(26)7-4-15/h3-10,12-13,20H,11,14H2,1-2H3,(H,28,31). The molecule has 0 radical (unpaired) electrons. The lowest BCUT2D eigenvalue weighted by Gasteiger charge is -2.30. The van der Waals surface area contributed by atoms with Crippen LogP contribution in [0.1, 0.15) is 31.8 Å². The molecule has 2 heterocycles. The minimum Gasteiger partial charge on any atom is -0.481 e. The Morgan fingerprint density at radius 3 is 2.58 bits per heavy atom. The molecule has 33 heavy (non-hydrogen) atoms. The number of carbonyl (C=O) groups is 3. The van der Waals surface area contributed by atoms with Crippen LogP contribution < -0.4 is 15.0 Å². The van der Waals surface area contributed by atoms with Gasteiger partial charge in [0.05, 0.1) is 12.8 Å². The van der Waals surface area contributed by atoms with Crippen LogP contribution in [0.5, 0.6) is 5.88 Å². The van der Waals surface area contributed by atoms with E-state index in [0.29, 0.717) is 27.7 Å². The molecule has 0 aliphatic carbocycles. The summed E-state index contributed by atoms with van der Waals surface area (Å²) in [5.74, 6) is -1.29. The molecule has 7 nitrogen and oxygen atoms in total. The van der Waals surface area contributed by atoms with Gasteiger partial charge >= 0.3 is 0 Å². The molecule has 1 N–H and O–H groups in total. The summed E-state index contributed by atoms with van der Waals surface area (Å²) in [6.07, 6.45) is 1.87. The van der Waals surface area contributed by atoms with Gasteiger partial charge in [-0.05, 0) is 53.9 Å². The molecule has 0 spiro atoms. The topological polar surface area (TPSA) is 88.6 Å². The van der Waals surface area contributed by atoms with E-state index in [2.05, 4.69) is 10.3 Å². The van der Waals surface area contributed by atoms with Crippen molar-refractivity contribution in [2.75, 3.05) is 19.1 Å². The van der Waals surface area contributed by atoms with E-state index in [-0.39, 0.29) is 30.6 Å². The fraction of sp³-hybridized carbons (Fsp3) is 0.200. The summed E-state index contributed by atoms with van der Waals surface area (Å²) < 4.78 is 5.10. The number of methoxy groups -OCH3 is 1. The molecular weight excluding hydrogens is 442 g/mol. The SMILES string of the molecule is COc1cc(CNC(=O)c2ccc3c(c2)C(=O)C(Cc2ccc(Cl)cc2)C(=O)N3C)ccn1. The number of hydrogen-bond donors (Lipinski definition) is 1. The van der Waals surface area contributed by atoms with Gasteiger partial charge in [0.15, 0.2) is 5.78 Å². The Morgan fingerprint density at radius 2 is 1.85 bits per heavy atom. The van der Waals surface area contributed by atoms with E-state index >= 15 is 0 Å². The zero-order valence-corrected chi connectivity index (χ0v) is 18.9. The van der Waals surface area contributed by atoms with E-state index in [9.17, 15) is 14.4 Å². The number of fused-ring (bicyclic) bond motifs is 1. The zero-order chi connectivity index (χ0) is 23.5. The Balaban J connectivity index is 1.54. The number of ether oxygens (including phenoxy) is 1. The Hall–Kier alpha value is -3.71. The predicted molar refractivity (Wildman–Crippen MR) is 125 cm³/mol. The molecule has 0 saturated carbocycles. The molecular formula is C25H22ClN3O4. The van der Waals surface area contributed by atoms with Crippen LogP contribution >= 0.6 is 11.6 Å². The molecule has 2 amide bonds. The van der Waals surface area contributed by atoms with Gasteiger partial charge in [-0.15, -0.1) is 0 Å². The van der Waals surface area contributed by atoms with Crippen molar-refractivity contribution < 1.29 is 19.1 Å².